The van der Waals surface area contributed by atoms with E-state index in [4.69, 9.17) is 4.74 Å². The van der Waals surface area contributed by atoms with E-state index in [2.05, 4.69) is 0 Å². The monoisotopic (exact) mass is 240 g/mol. The van der Waals surface area contributed by atoms with Crippen molar-refractivity contribution in [3.8, 4) is 0 Å². The minimum atomic E-state index is -0.484. The molecule has 2 aliphatic rings. The SMILES string of the molecule is CN(C)C(=O)C1CN(C(=O)C2CCC2)CCO1. The van der Waals surface area contributed by atoms with Crippen LogP contribution in [0.1, 0.15) is 19.3 Å². The molecule has 0 radical (unpaired) electrons. The number of likely N-dealkylation sites (N-methyl/N-ethyl adjacent to an activating group) is 1. The van der Waals surface area contributed by atoms with Gasteiger partial charge in [-0.15, -0.1) is 0 Å². The zero-order valence-corrected chi connectivity index (χ0v) is 10.5. The standard InChI is InChI=1S/C12H20N2O3/c1-13(2)12(16)10-8-14(6-7-17-10)11(15)9-4-3-5-9/h9-10H,3-8H2,1-2H3. The quantitative estimate of drug-likeness (QED) is 0.688. The normalized spacial score (nSPS) is 25.3. The average molecular weight is 240 g/mol. The summed E-state index contributed by atoms with van der Waals surface area (Å²) in [5.74, 6) is 0.343. The van der Waals surface area contributed by atoms with Crippen molar-refractivity contribution in [3.05, 3.63) is 0 Å². The lowest BCUT2D eigenvalue weighted by Crippen LogP contribution is -2.53. The van der Waals surface area contributed by atoms with Crippen LogP contribution in [-0.2, 0) is 14.3 Å². The third-order valence-corrected chi connectivity index (χ3v) is 3.55. The summed E-state index contributed by atoms with van der Waals surface area (Å²) in [5.41, 5.74) is 0. The van der Waals surface area contributed by atoms with Gasteiger partial charge in [0, 0.05) is 26.6 Å². The van der Waals surface area contributed by atoms with Gasteiger partial charge in [-0.25, -0.2) is 0 Å². The first-order valence-corrected chi connectivity index (χ1v) is 6.21. The van der Waals surface area contributed by atoms with Crippen LogP contribution in [0.4, 0.5) is 0 Å². The second-order valence-electron chi connectivity index (χ2n) is 5.00. The molecular weight excluding hydrogens is 220 g/mol. The summed E-state index contributed by atoms with van der Waals surface area (Å²) in [4.78, 5) is 27.2. The van der Waals surface area contributed by atoms with E-state index in [1.165, 1.54) is 4.90 Å². The minimum Gasteiger partial charge on any atom is -0.365 e. The number of nitrogens with zero attached hydrogens (tertiary/aromatic N) is 2. The van der Waals surface area contributed by atoms with Crippen LogP contribution in [0, 0.1) is 5.92 Å². The molecule has 0 N–H and O–H groups in total. The van der Waals surface area contributed by atoms with Gasteiger partial charge in [-0.1, -0.05) is 6.42 Å². The molecular formula is C12H20N2O3. The lowest BCUT2D eigenvalue weighted by molar-refractivity contribution is -0.155. The highest BCUT2D eigenvalue weighted by Crippen LogP contribution is 2.28. The Morgan fingerprint density at radius 2 is 2.00 bits per heavy atom. The molecule has 5 nitrogen and oxygen atoms in total. The van der Waals surface area contributed by atoms with Crippen molar-refractivity contribution >= 4 is 11.8 Å². The molecule has 1 aliphatic carbocycles. The van der Waals surface area contributed by atoms with Crippen LogP contribution < -0.4 is 0 Å². The van der Waals surface area contributed by atoms with E-state index in [1.807, 2.05) is 0 Å². The summed E-state index contributed by atoms with van der Waals surface area (Å²) in [7, 11) is 3.41. The van der Waals surface area contributed by atoms with Crippen LogP contribution >= 0.6 is 0 Å². The Bertz CT molecular complexity index is 313. The summed E-state index contributed by atoms with van der Waals surface area (Å²) >= 11 is 0. The van der Waals surface area contributed by atoms with Crippen molar-refractivity contribution in [3.63, 3.8) is 0 Å². The number of rotatable bonds is 2. The van der Waals surface area contributed by atoms with Crippen molar-refractivity contribution in [1.82, 2.24) is 9.80 Å². The molecule has 1 saturated heterocycles. The maximum absolute atomic E-state index is 12.1. The topological polar surface area (TPSA) is 49.9 Å². The number of carbonyl (C=O) groups is 2. The second-order valence-corrected chi connectivity index (χ2v) is 5.00. The van der Waals surface area contributed by atoms with Gasteiger partial charge in [0.1, 0.15) is 0 Å². The van der Waals surface area contributed by atoms with Gasteiger partial charge in [-0.05, 0) is 12.8 Å². The van der Waals surface area contributed by atoms with Gasteiger partial charge < -0.3 is 14.5 Å². The van der Waals surface area contributed by atoms with Crippen LogP contribution in [0.15, 0.2) is 0 Å². The second kappa shape index (κ2) is 5.04. The van der Waals surface area contributed by atoms with Gasteiger partial charge in [0.2, 0.25) is 5.91 Å². The summed E-state index contributed by atoms with van der Waals surface area (Å²) in [6.07, 6.45) is 2.67. The third-order valence-electron chi connectivity index (χ3n) is 3.55. The summed E-state index contributed by atoms with van der Waals surface area (Å²) in [6, 6.07) is 0. The minimum absolute atomic E-state index is 0.0592. The Labute approximate surface area is 102 Å². The largest absolute Gasteiger partial charge is 0.365 e. The summed E-state index contributed by atoms with van der Waals surface area (Å²) in [5, 5.41) is 0. The summed E-state index contributed by atoms with van der Waals surface area (Å²) in [6.45, 7) is 1.49. The molecule has 0 spiro atoms. The highest BCUT2D eigenvalue weighted by Gasteiger charge is 2.34. The Morgan fingerprint density at radius 3 is 2.53 bits per heavy atom. The number of amides is 2. The lowest BCUT2D eigenvalue weighted by atomic mass is 9.84. The molecule has 1 saturated carbocycles. The van der Waals surface area contributed by atoms with Crippen molar-refractivity contribution in [1.29, 1.82) is 0 Å². The van der Waals surface area contributed by atoms with Crippen LogP contribution in [0.3, 0.4) is 0 Å². The molecule has 1 unspecified atom stereocenters. The van der Waals surface area contributed by atoms with Gasteiger partial charge in [0.25, 0.3) is 5.91 Å². The molecule has 1 atom stereocenters. The van der Waals surface area contributed by atoms with Gasteiger partial charge in [-0.2, -0.15) is 0 Å². The number of carbonyl (C=O) groups excluding carboxylic acids is 2. The first-order valence-electron chi connectivity index (χ1n) is 6.21. The molecule has 2 rings (SSSR count). The fraction of sp³-hybridized carbons (Fsp3) is 0.833. The molecule has 0 bridgehead atoms. The maximum atomic E-state index is 12.1. The molecule has 0 aromatic rings. The van der Waals surface area contributed by atoms with Crippen molar-refractivity contribution in [2.45, 2.75) is 25.4 Å². The van der Waals surface area contributed by atoms with Gasteiger partial charge in [0.15, 0.2) is 6.10 Å². The maximum Gasteiger partial charge on any atom is 0.253 e. The fourth-order valence-electron chi connectivity index (χ4n) is 2.20. The van der Waals surface area contributed by atoms with Crippen LogP contribution in [0.5, 0.6) is 0 Å². The number of morpholine rings is 1. The number of ether oxygens (including phenoxy) is 1. The number of hydrogen-bond donors (Lipinski definition) is 0. The van der Waals surface area contributed by atoms with E-state index in [0.717, 1.165) is 19.3 Å². The van der Waals surface area contributed by atoms with E-state index < -0.39 is 6.10 Å². The highest BCUT2D eigenvalue weighted by atomic mass is 16.5. The Kier molecular flexibility index (Phi) is 3.66. The predicted molar refractivity (Wildman–Crippen MR) is 62.4 cm³/mol. The highest BCUT2D eigenvalue weighted by molar-refractivity contribution is 5.83. The van der Waals surface area contributed by atoms with E-state index in [0.29, 0.717) is 19.7 Å². The van der Waals surface area contributed by atoms with Crippen LogP contribution in [-0.4, -0.2) is 61.5 Å². The molecule has 96 valence electrons. The molecule has 1 aliphatic heterocycles. The zero-order valence-electron chi connectivity index (χ0n) is 10.5. The molecule has 2 fully saturated rings. The zero-order chi connectivity index (χ0) is 12.4. The molecule has 17 heavy (non-hydrogen) atoms. The van der Waals surface area contributed by atoms with Crippen molar-refractivity contribution in [2.75, 3.05) is 33.8 Å². The van der Waals surface area contributed by atoms with Gasteiger partial charge in [0.05, 0.1) is 13.2 Å². The van der Waals surface area contributed by atoms with E-state index in [9.17, 15) is 9.59 Å². The van der Waals surface area contributed by atoms with Crippen LogP contribution in [0.2, 0.25) is 0 Å². The molecule has 2 amide bonds. The Hall–Kier alpha value is -1.10. The third kappa shape index (κ3) is 2.60. The van der Waals surface area contributed by atoms with Crippen molar-refractivity contribution in [2.24, 2.45) is 5.92 Å². The predicted octanol–water partition coefficient (Wildman–Crippen LogP) is 0.102. The Balaban J connectivity index is 1.92. The molecule has 1 heterocycles. The lowest BCUT2D eigenvalue weighted by Gasteiger charge is -2.37. The average Bonchev–Trinajstić information content (AvgIpc) is 2.25. The van der Waals surface area contributed by atoms with E-state index >= 15 is 0 Å². The van der Waals surface area contributed by atoms with E-state index in [-0.39, 0.29) is 17.7 Å². The van der Waals surface area contributed by atoms with Gasteiger partial charge in [-0.3, -0.25) is 9.59 Å². The first-order chi connectivity index (χ1) is 8.09. The molecule has 0 aromatic carbocycles. The van der Waals surface area contributed by atoms with Crippen LogP contribution in [0.25, 0.3) is 0 Å². The first kappa shape index (κ1) is 12.4. The number of hydrogen-bond acceptors (Lipinski definition) is 3. The Morgan fingerprint density at radius 1 is 1.29 bits per heavy atom. The summed E-state index contributed by atoms with van der Waals surface area (Å²) < 4.78 is 5.43. The van der Waals surface area contributed by atoms with E-state index in [1.54, 1.807) is 19.0 Å². The smallest absolute Gasteiger partial charge is 0.253 e. The van der Waals surface area contributed by atoms with Crippen molar-refractivity contribution < 1.29 is 14.3 Å². The molecule has 5 heteroatoms. The van der Waals surface area contributed by atoms with Gasteiger partial charge >= 0.3 is 0 Å². The fourth-order valence-corrected chi connectivity index (χ4v) is 2.20. The molecule has 0 aromatic heterocycles.